The maximum Gasteiger partial charge on any atom is 0.261 e. The van der Waals surface area contributed by atoms with Crippen LogP contribution in [0.1, 0.15) is 6.42 Å². The molecule has 1 aromatic rings. The second kappa shape index (κ2) is 3.96. The molecule has 4 nitrogen and oxygen atoms in total. The van der Waals surface area contributed by atoms with Crippen LogP contribution in [0.15, 0.2) is 12.1 Å². The zero-order chi connectivity index (χ0) is 11.7. The molecular weight excluding hydrogens is 218 g/mol. The van der Waals surface area contributed by atoms with Crippen LogP contribution in [0.5, 0.6) is 5.75 Å². The Morgan fingerprint density at radius 1 is 1.44 bits per heavy atom. The van der Waals surface area contributed by atoms with Crippen molar-refractivity contribution in [2.45, 2.75) is 12.5 Å². The Morgan fingerprint density at radius 2 is 2.19 bits per heavy atom. The maximum atomic E-state index is 13.3. The largest absolute Gasteiger partial charge is 0.475 e. The third-order valence-electron chi connectivity index (χ3n) is 2.34. The van der Waals surface area contributed by atoms with E-state index in [0.717, 1.165) is 6.07 Å². The van der Waals surface area contributed by atoms with Crippen molar-refractivity contribution in [3.63, 3.8) is 0 Å². The number of hydrogen-bond acceptors (Lipinski definition) is 3. The lowest BCUT2D eigenvalue weighted by atomic mass is 10.2. The van der Waals surface area contributed by atoms with Crippen molar-refractivity contribution in [2.24, 2.45) is 0 Å². The van der Waals surface area contributed by atoms with Gasteiger partial charge in [-0.3, -0.25) is 4.79 Å². The molecule has 1 aromatic carbocycles. The highest BCUT2D eigenvalue weighted by Gasteiger charge is 2.28. The number of benzene rings is 1. The van der Waals surface area contributed by atoms with Crippen LogP contribution >= 0.6 is 0 Å². The van der Waals surface area contributed by atoms with Crippen LogP contribution in [0.25, 0.3) is 0 Å². The molecule has 1 heterocycles. The lowest BCUT2D eigenvalue weighted by molar-refractivity contribution is -0.124. The van der Waals surface area contributed by atoms with Crippen molar-refractivity contribution < 1.29 is 18.3 Å². The summed E-state index contributed by atoms with van der Waals surface area (Å²) < 4.78 is 31.3. The molecule has 0 spiro atoms. The van der Waals surface area contributed by atoms with E-state index in [1.54, 1.807) is 0 Å². The highest BCUT2D eigenvalue weighted by atomic mass is 19.2. The monoisotopic (exact) mass is 228 g/mol. The van der Waals surface area contributed by atoms with E-state index in [4.69, 9.17) is 10.5 Å². The van der Waals surface area contributed by atoms with Crippen LogP contribution in [0.2, 0.25) is 0 Å². The predicted octanol–water partition coefficient (Wildman–Crippen LogP) is 0.814. The van der Waals surface area contributed by atoms with Gasteiger partial charge in [0.2, 0.25) is 5.82 Å². The fraction of sp³-hybridized carbons (Fsp3) is 0.300. The molecule has 0 bridgehead atoms. The average Bonchev–Trinajstić information content (AvgIpc) is 2.65. The normalized spacial score (nSPS) is 19.6. The Balaban J connectivity index is 2.27. The first-order chi connectivity index (χ1) is 7.59. The highest BCUT2D eigenvalue weighted by Crippen LogP contribution is 2.29. The van der Waals surface area contributed by atoms with E-state index < -0.39 is 23.5 Å². The smallest absolute Gasteiger partial charge is 0.261 e. The molecule has 1 amide bonds. The third kappa shape index (κ3) is 1.78. The van der Waals surface area contributed by atoms with Gasteiger partial charge in [-0.25, -0.2) is 4.39 Å². The molecule has 3 N–H and O–H groups in total. The molecule has 1 atom stereocenters. The maximum absolute atomic E-state index is 13.3. The van der Waals surface area contributed by atoms with Gasteiger partial charge in [0.1, 0.15) is 0 Å². The van der Waals surface area contributed by atoms with Crippen LogP contribution in [0.3, 0.4) is 0 Å². The molecule has 1 fully saturated rings. The van der Waals surface area contributed by atoms with Gasteiger partial charge in [0.05, 0.1) is 5.69 Å². The zero-order valence-corrected chi connectivity index (χ0v) is 8.30. The highest BCUT2D eigenvalue weighted by molar-refractivity contribution is 5.83. The van der Waals surface area contributed by atoms with E-state index in [1.807, 2.05) is 0 Å². The Labute approximate surface area is 90.4 Å². The number of ether oxygens (including phenoxy) is 1. The van der Waals surface area contributed by atoms with Gasteiger partial charge in [-0.05, 0) is 12.1 Å². The Kier molecular flexibility index (Phi) is 2.64. The summed E-state index contributed by atoms with van der Waals surface area (Å²) in [6, 6.07) is 2.10. The summed E-state index contributed by atoms with van der Waals surface area (Å²) in [5.74, 6) is -2.97. The van der Waals surface area contributed by atoms with Crippen molar-refractivity contribution >= 4 is 11.6 Å². The number of amides is 1. The van der Waals surface area contributed by atoms with E-state index in [0.29, 0.717) is 13.0 Å². The molecule has 0 saturated carbocycles. The summed E-state index contributed by atoms with van der Waals surface area (Å²) in [5, 5.41) is 2.52. The fourth-order valence-electron chi connectivity index (χ4n) is 1.49. The van der Waals surface area contributed by atoms with Crippen LogP contribution in [-0.4, -0.2) is 18.6 Å². The molecular formula is C10H10F2N2O2. The van der Waals surface area contributed by atoms with Gasteiger partial charge in [-0.1, -0.05) is 0 Å². The standard InChI is InChI=1S/C10H10F2N2O2/c11-5-1-2-6(13)9(8(5)12)16-7-3-4-14-10(7)15/h1-2,7H,3-4,13H2,(H,14,15). The number of nitrogens with two attached hydrogens (primary N) is 1. The van der Waals surface area contributed by atoms with Gasteiger partial charge in [-0.15, -0.1) is 0 Å². The SMILES string of the molecule is Nc1ccc(F)c(F)c1OC1CCNC1=O. The number of hydrogen-bond donors (Lipinski definition) is 2. The molecule has 86 valence electrons. The molecule has 0 radical (unpaired) electrons. The lowest BCUT2D eigenvalue weighted by Crippen LogP contribution is -2.28. The molecule has 2 rings (SSSR count). The van der Waals surface area contributed by atoms with E-state index in [9.17, 15) is 13.6 Å². The van der Waals surface area contributed by atoms with Gasteiger partial charge in [-0.2, -0.15) is 4.39 Å². The van der Waals surface area contributed by atoms with Crippen molar-refractivity contribution in [1.82, 2.24) is 5.32 Å². The van der Waals surface area contributed by atoms with Crippen LogP contribution in [0, 0.1) is 11.6 Å². The summed E-state index contributed by atoms with van der Waals surface area (Å²) in [4.78, 5) is 11.2. The summed E-state index contributed by atoms with van der Waals surface area (Å²) in [7, 11) is 0. The summed E-state index contributed by atoms with van der Waals surface area (Å²) in [6.07, 6.45) is -0.396. The molecule has 1 unspecified atom stereocenters. The number of nitrogen functional groups attached to an aromatic ring is 1. The first-order valence-electron chi connectivity index (χ1n) is 4.77. The Bertz CT molecular complexity index is 437. The van der Waals surface area contributed by atoms with Crippen molar-refractivity contribution in [3.05, 3.63) is 23.8 Å². The Morgan fingerprint density at radius 3 is 2.81 bits per heavy atom. The van der Waals surface area contributed by atoms with Gasteiger partial charge in [0, 0.05) is 13.0 Å². The average molecular weight is 228 g/mol. The molecule has 0 aromatic heterocycles. The van der Waals surface area contributed by atoms with Gasteiger partial charge >= 0.3 is 0 Å². The number of carbonyl (C=O) groups is 1. The summed E-state index contributed by atoms with van der Waals surface area (Å²) in [5.41, 5.74) is 5.42. The van der Waals surface area contributed by atoms with E-state index in [2.05, 4.69) is 5.32 Å². The molecule has 1 saturated heterocycles. The third-order valence-corrected chi connectivity index (χ3v) is 2.34. The van der Waals surface area contributed by atoms with E-state index in [-0.39, 0.29) is 11.6 Å². The van der Waals surface area contributed by atoms with E-state index in [1.165, 1.54) is 6.07 Å². The van der Waals surface area contributed by atoms with Gasteiger partial charge < -0.3 is 15.8 Å². The first-order valence-corrected chi connectivity index (χ1v) is 4.77. The van der Waals surface area contributed by atoms with E-state index >= 15 is 0 Å². The van der Waals surface area contributed by atoms with Crippen LogP contribution in [0.4, 0.5) is 14.5 Å². The number of rotatable bonds is 2. The van der Waals surface area contributed by atoms with Gasteiger partial charge in [0.15, 0.2) is 17.7 Å². The zero-order valence-electron chi connectivity index (χ0n) is 8.30. The fourth-order valence-corrected chi connectivity index (χ4v) is 1.49. The molecule has 6 heteroatoms. The topological polar surface area (TPSA) is 64.3 Å². The minimum Gasteiger partial charge on any atom is -0.475 e. The second-order valence-corrected chi connectivity index (χ2v) is 3.47. The van der Waals surface area contributed by atoms with Crippen molar-refractivity contribution in [3.8, 4) is 5.75 Å². The van der Waals surface area contributed by atoms with Crippen LogP contribution in [-0.2, 0) is 4.79 Å². The van der Waals surface area contributed by atoms with Crippen LogP contribution < -0.4 is 15.8 Å². The minimum absolute atomic E-state index is 0.0291. The first kappa shape index (κ1) is 10.7. The molecule has 1 aliphatic heterocycles. The number of carbonyl (C=O) groups excluding carboxylic acids is 1. The lowest BCUT2D eigenvalue weighted by Gasteiger charge is -2.13. The molecule has 16 heavy (non-hydrogen) atoms. The quantitative estimate of drug-likeness (QED) is 0.736. The molecule has 1 aliphatic rings. The summed E-state index contributed by atoms with van der Waals surface area (Å²) >= 11 is 0. The second-order valence-electron chi connectivity index (χ2n) is 3.47. The number of nitrogens with one attached hydrogen (secondary N) is 1. The molecule has 0 aliphatic carbocycles. The predicted molar refractivity (Wildman–Crippen MR) is 52.8 cm³/mol. The Hall–Kier alpha value is -1.85. The van der Waals surface area contributed by atoms with Crippen molar-refractivity contribution in [2.75, 3.05) is 12.3 Å². The van der Waals surface area contributed by atoms with Crippen molar-refractivity contribution in [1.29, 1.82) is 0 Å². The minimum atomic E-state index is -1.17. The number of anilines is 1. The summed E-state index contributed by atoms with van der Waals surface area (Å²) in [6.45, 7) is 0.459. The van der Waals surface area contributed by atoms with Gasteiger partial charge in [0.25, 0.3) is 5.91 Å². The number of halogens is 2.